The number of aromatic hydroxyl groups is 4. The maximum atomic E-state index is 11.2. The molecule has 0 saturated carbocycles. The number of ether oxygens (including phenoxy) is 8. The molecule has 0 aliphatic carbocycles. The minimum Gasteiger partial charge on any atom is -0.502 e. The molecule has 5 rings (SSSR count). The maximum absolute atomic E-state index is 11.2. The molecule has 0 aliphatic heterocycles. The van der Waals surface area contributed by atoms with Gasteiger partial charge in [0.25, 0.3) is 0 Å². The van der Waals surface area contributed by atoms with Gasteiger partial charge in [0.2, 0.25) is 23.0 Å². The van der Waals surface area contributed by atoms with Crippen molar-refractivity contribution in [2.45, 2.75) is 12.3 Å². The predicted octanol–water partition coefficient (Wildman–Crippen LogP) is 6.94. The molecular formula is C40H42O12. The Morgan fingerprint density at radius 1 is 0.385 bits per heavy atom. The van der Waals surface area contributed by atoms with Crippen LogP contribution in [0.3, 0.4) is 0 Å². The summed E-state index contributed by atoms with van der Waals surface area (Å²) >= 11 is 0. The van der Waals surface area contributed by atoms with Gasteiger partial charge in [0, 0.05) is 0 Å². The lowest BCUT2D eigenvalue weighted by Crippen LogP contribution is -2.32. The number of aryl methyl sites for hydroxylation is 1. The molecule has 52 heavy (non-hydrogen) atoms. The molecule has 5 aromatic carbocycles. The molecule has 0 aliphatic rings. The lowest BCUT2D eigenvalue weighted by Gasteiger charge is -2.39. The largest absolute Gasteiger partial charge is 0.502 e. The summed E-state index contributed by atoms with van der Waals surface area (Å²) in [5.41, 5.74) is 2.73. The summed E-state index contributed by atoms with van der Waals surface area (Å²) in [7, 11) is 11.4. The van der Waals surface area contributed by atoms with Gasteiger partial charge < -0.3 is 58.3 Å². The van der Waals surface area contributed by atoms with Gasteiger partial charge in [-0.25, -0.2) is 0 Å². The molecule has 0 radical (unpaired) electrons. The molecule has 4 N–H and O–H groups in total. The van der Waals surface area contributed by atoms with Crippen LogP contribution in [0.25, 0.3) is 11.1 Å². The highest BCUT2D eigenvalue weighted by molar-refractivity contribution is 5.80. The fraction of sp³-hybridized carbons (Fsp3) is 0.250. The molecule has 0 fully saturated rings. The Hall–Kier alpha value is -6.30. The van der Waals surface area contributed by atoms with E-state index in [4.69, 9.17) is 37.9 Å². The highest BCUT2D eigenvalue weighted by atomic mass is 16.5. The van der Waals surface area contributed by atoms with Crippen LogP contribution in [0, 0.1) is 6.92 Å². The second-order valence-corrected chi connectivity index (χ2v) is 11.7. The average Bonchev–Trinajstić information content (AvgIpc) is 3.16. The van der Waals surface area contributed by atoms with Crippen LogP contribution < -0.4 is 37.9 Å². The number of rotatable bonds is 13. The van der Waals surface area contributed by atoms with Gasteiger partial charge in [0.15, 0.2) is 46.0 Å². The molecule has 0 saturated heterocycles. The number of phenols is 4. The lowest BCUT2D eigenvalue weighted by atomic mass is 9.63. The third-order valence-electron chi connectivity index (χ3n) is 9.11. The van der Waals surface area contributed by atoms with E-state index in [2.05, 4.69) is 0 Å². The Kier molecular flexibility index (Phi) is 10.6. The summed E-state index contributed by atoms with van der Waals surface area (Å²) in [5.74, 6) is 0.0140. The minimum atomic E-state index is -1.50. The summed E-state index contributed by atoms with van der Waals surface area (Å²) in [4.78, 5) is 0. The van der Waals surface area contributed by atoms with Gasteiger partial charge in [-0.3, -0.25) is 0 Å². The Morgan fingerprint density at radius 2 is 0.654 bits per heavy atom. The third-order valence-corrected chi connectivity index (χ3v) is 9.11. The van der Waals surface area contributed by atoms with Crippen molar-refractivity contribution in [2.24, 2.45) is 0 Å². The highest BCUT2D eigenvalue weighted by Crippen LogP contribution is 2.56. The number of phenolic OH excluding ortho intramolecular Hbond substituents is 4. The molecule has 0 aromatic heterocycles. The van der Waals surface area contributed by atoms with E-state index in [1.807, 2.05) is 25.1 Å². The monoisotopic (exact) mass is 714 g/mol. The van der Waals surface area contributed by atoms with E-state index in [0.29, 0.717) is 33.4 Å². The summed E-state index contributed by atoms with van der Waals surface area (Å²) in [6, 6.07) is 19.2. The van der Waals surface area contributed by atoms with Crippen LogP contribution in [0.1, 0.15) is 27.8 Å². The molecule has 0 spiro atoms. The van der Waals surface area contributed by atoms with E-state index in [0.717, 1.165) is 5.56 Å². The molecule has 12 nitrogen and oxygen atoms in total. The molecule has 0 bridgehead atoms. The quantitative estimate of drug-likeness (QED) is 0.0935. The first-order valence-electron chi connectivity index (χ1n) is 15.9. The molecule has 0 heterocycles. The molecule has 5 aromatic rings. The normalized spacial score (nSPS) is 11.1. The van der Waals surface area contributed by atoms with Gasteiger partial charge in [-0.05, 0) is 88.8 Å². The van der Waals surface area contributed by atoms with Gasteiger partial charge in [-0.2, -0.15) is 0 Å². The van der Waals surface area contributed by atoms with Crippen LogP contribution in [0.5, 0.6) is 69.0 Å². The van der Waals surface area contributed by atoms with Crippen molar-refractivity contribution < 1.29 is 58.3 Å². The fourth-order valence-corrected chi connectivity index (χ4v) is 6.57. The fourth-order valence-electron chi connectivity index (χ4n) is 6.57. The van der Waals surface area contributed by atoms with Gasteiger partial charge in [0.1, 0.15) is 0 Å². The lowest BCUT2D eigenvalue weighted by molar-refractivity contribution is 0.335. The van der Waals surface area contributed by atoms with Gasteiger partial charge in [-0.1, -0.05) is 23.8 Å². The van der Waals surface area contributed by atoms with Crippen molar-refractivity contribution in [3.63, 3.8) is 0 Å². The third kappa shape index (κ3) is 6.06. The number of hydrogen-bond donors (Lipinski definition) is 4. The predicted molar refractivity (Wildman–Crippen MR) is 194 cm³/mol. The van der Waals surface area contributed by atoms with Crippen molar-refractivity contribution in [1.29, 1.82) is 0 Å². The van der Waals surface area contributed by atoms with E-state index >= 15 is 0 Å². The molecule has 0 unspecified atom stereocenters. The molecule has 0 amide bonds. The first kappa shape index (κ1) is 37.0. The zero-order valence-corrected chi connectivity index (χ0v) is 30.4. The van der Waals surface area contributed by atoms with E-state index in [-0.39, 0.29) is 69.0 Å². The Morgan fingerprint density at radius 3 is 0.923 bits per heavy atom. The standard InChI is InChI=1S/C40H42O12/c1-21-10-11-27(26(12-21)22-13-28(45-2)36(41)29(14-22)46-3)40(23-15-30(47-4)37(42)31(16-23)48-5,24-17-32(49-6)38(43)33(18-24)50-7)25-19-34(51-8)39(44)35(20-25)52-9/h10-20,41-44H,1-9H3. The SMILES string of the molecule is COc1cc(-c2cc(C)ccc2C(c2cc(OC)c(O)c(OC)c2)(c2cc(OC)c(O)c(OC)c2)c2cc(OC)c(O)c(OC)c2)cc(OC)c1O. The number of benzene rings is 5. The van der Waals surface area contributed by atoms with Crippen LogP contribution in [0.15, 0.2) is 66.7 Å². The van der Waals surface area contributed by atoms with Crippen LogP contribution in [-0.2, 0) is 5.41 Å². The molecule has 12 heteroatoms. The smallest absolute Gasteiger partial charge is 0.200 e. The summed E-state index contributed by atoms with van der Waals surface area (Å²) < 4.78 is 45.3. The Balaban J connectivity index is 2.16. The topological polar surface area (TPSA) is 155 Å². The number of hydrogen-bond acceptors (Lipinski definition) is 12. The second kappa shape index (κ2) is 14.9. The van der Waals surface area contributed by atoms with Crippen LogP contribution in [0.4, 0.5) is 0 Å². The van der Waals surface area contributed by atoms with Gasteiger partial charge in [-0.15, -0.1) is 0 Å². The Bertz CT molecular complexity index is 1860. The van der Waals surface area contributed by atoms with E-state index in [1.165, 1.54) is 56.9 Å². The van der Waals surface area contributed by atoms with Gasteiger partial charge in [0.05, 0.1) is 62.3 Å². The zero-order chi connectivity index (χ0) is 37.9. The van der Waals surface area contributed by atoms with Crippen molar-refractivity contribution in [1.82, 2.24) is 0 Å². The summed E-state index contributed by atoms with van der Waals surface area (Å²) in [6.07, 6.45) is 0. The summed E-state index contributed by atoms with van der Waals surface area (Å²) in [6.45, 7) is 1.94. The molecule has 0 atom stereocenters. The van der Waals surface area contributed by atoms with Crippen molar-refractivity contribution >= 4 is 0 Å². The first-order valence-corrected chi connectivity index (χ1v) is 15.9. The Labute approximate surface area is 301 Å². The highest BCUT2D eigenvalue weighted by Gasteiger charge is 2.44. The van der Waals surface area contributed by atoms with Crippen molar-refractivity contribution in [3.05, 3.63) is 94.5 Å². The second-order valence-electron chi connectivity index (χ2n) is 11.7. The van der Waals surface area contributed by atoms with Gasteiger partial charge >= 0.3 is 0 Å². The zero-order valence-electron chi connectivity index (χ0n) is 30.4. The average molecular weight is 715 g/mol. The van der Waals surface area contributed by atoms with Crippen LogP contribution in [0.2, 0.25) is 0 Å². The molecule has 274 valence electrons. The van der Waals surface area contributed by atoms with E-state index in [9.17, 15) is 20.4 Å². The van der Waals surface area contributed by atoms with Crippen molar-refractivity contribution in [2.75, 3.05) is 56.9 Å². The number of methoxy groups -OCH3 is 8. The van der Waals surface area contributed by atoms with Crippen LogP contribution >= 0.6 is 0 Å². The van der Waals surface area contributed by atoms with E-state index < -0.39 is 5.41 Å². The first-order chi connectivity index (χ1) is 25.0. The maximum Gasteiger partial charge on any atom is 0.200 e. The van der Waals surface area contributed by atoms with E-state index in [1.54, 1.807) is 48.5 Å². The van der Waals surface area contributed by atoms with Crippen molar-refractivity contribution in [3.8, 4) is 80.1 Å². The molecular weight excluding hydrogens is 672 g/mol. The minimum absolute atomic E-state index is 0.0933. The van der Waals surface area contributed by atoms with Crippen LogP contribution in [-0.4, -0.2) is 77.3 Å². The summed E-state index contributed by atoms with van der Waals surface area (Å²) in [5, 5.41) is 44.4.